The van der Waals surface area contributed by atoms with Crippen LogP contribution in [0.3, 0.4) is 0 Å². The fourth-order valence-corrected chi connectivity index (χ4v) is 1.24. The molecule has 0 aliphatic heterocycles. The number of alkyl halides is 3. The van der Waals surface area contributed by atoms with Crippen molar-refractivity contribution in [3.8, 4) is 5.75 Å². The lowest BCUT2D eigenvalue weighted by Crippen LogP contribution is -2.22. The summed E-state index contributed by atoms with van der Waals surface area (Å²) in [7, 11) is 1.43. The summed E-state index contributed by atoms with van der Waals surface area (Å²) in [6.07, 6.45) is -4.86. The van der Waals surface area contributed by atoms with Crippen LogP contribution in [0.4, 0.5) is 13.2 Å². The number of ether oxygens (including phenoxy) is 2. The highest BCUT2D eigenvalue weighted by molar-refractivity contribution is 6.00. The van der Waals surface area contributed by atoms with Gasteiger partial charge in [-0.15, -0.1) is 0 Å². The van der Waals surface area contributed by atoms with Crippen molar-refractivity contribution in [1.29, 1.82) is 0 Å². The Morgan fingerprint density at radius 1 is 1.35 bits per heavy atom. The summed E-state index contributed by atoms with van der Waals surface area (Å²) in [5.41, 5.74) is 0.0388. The Labute approximate surface area is 96.1 Å². The molecule has 0 spiro atoms. The van der Waals surface area contributed by atoms with Gasteiger partial charge in [-0.05, 0) is 30.7 Å². The maximum Gasteiger partial charge on any atom is 0.454 e. The average molecular weight is 248 g/mol. The molecule has 1 aromatic rings. The van der Waals surface area contributed by atoms with Crippen LogP contribution in [0.2, 0.25) is 0 Å². The highest BCUT2D eigenvalue weighted by atomic mass is 19.4. The summed E-state index contributed by atoms with van der Waals surface area (Å²) in [4.78, 5) is 11.0. The van der Waals surface area contributed by atoms with Gasteiger partial charge in [-0.3, -0.25) is 4.79 Å². The van der Waals surface area contributed by atoms with E-state index in [0.717, 1.165) is 12.1 Å². The van der Waals surface area contributed by atoms with Crippen LogP contribution < -0.4 is 4.74 Å². The lowest BCUT2D eigenvalue weighted by atomic mass is 10.1. The summed E-state index contributed by atoms with van der Waals surface area (Å²) in [5, 5.41) is 0. The van der Waals surface area contributed by atoms with Crippen molar-refractivity contribution in [2.24, 2.45) is 0 Å². The van der Waals surface area contributed by atoms with Gasteiger partial charge in [0.15, 0.2) is 6.79 Å². The van der Waals surface area contributed by atoms with Crippen molar-refractivity contribution in [3.63, 3.8) is 0 Å². The first-order valence-corrected chi connectivity index (χ1v) is 4.70. The van der Waals surface area contributed by atoms with Crippen LogP contribution >= 0.6 is 0 Å². The standard InChI is InChI=1S/C11H11F3O3/c1-7-5-8(10(15)11(12,13)14)3-4-9(7)17-6-16-2/h3-5H,6H2,1-2H3. The highest BCUT2D eigenvalue weighted by Crippen LogP contribution is 2.25. The molecule has 0 saturated heterocycles. The SMILES string of the molecule is COCOc1ccc(C(=O)C(F)(F)F)cc1C. The molecule has 0 aromatic heterocycles. The first-order valence-electron chi connectivity index (χ1n) is 4.70. The minimum atomic E-state index is -4.86. The number of benzene rings is 1. The van der Waals surface area contributed by atoms with Gasteiger partial charge in [0.2, 0.25) is 0 Å². The van der Waals surface area contributed by atoms with Gasteiger partial charge in [-0.1, -0.05) is 0 Å². The number of ketones is 1. The molecule has 0 heterocycles. The van der Waals surface area contributed by atoms with Crippen LogP contribution in [0.15, 0.2) is 18.2 Å². The quantitative estimate of drug-likeness (QED) is 0.607. The van der Waals surface area contributed by atoms with Crippen molar-refractivity contribution in [2.75, 3.05) is 13.9 Å². The van der Waals surface area contributed by atoms with E-state index < -0.39 is 17.5 Å². The Bertz CT molecular complexity index is 413. The number of carbonyl (C=O) groups excluding carboxylic acids is 1. The number of hydrogen-bond acceptors (Lipinski definition) is 3. The molecule has 0 aliphatic carbocycles. The smallest absolute Gasteiger partial charge is 0.454 e. The largest absolute Gasteiger partial charge is 0.467 e. The minimum Gasteiger partial charge on any atom is -0.467 e. The molecule has 0 atom stereocenters. The summed E-state index contributed by atoms with van der Waals surface area (Å²) >= 11 is 0. The number of halogens is 3. The van der Waals surface area contributed by atoms with Gasteiger partial charge < -0.3 is 9.47 Å². The summed E-state index contributed by atoms with van der Waals surface area (Å²) in [6, 6.07) is 3.53. The molecular formula is C11H11F3O3. The molecule has 6 heteroatoms. The Hall–Kier alpha value is -1.56. The maximum atomic E-state index is 12.2. The zero-order valence-electron chi connectivity index (χ0n) is 9.30. The van der Waals surface area contributed by atoms with E-state index in [4.69, 9.17) is 4.74 Å². The zero-order chi connectivity index (χ0) is 13.1. The third-order valence-electron chi connectivity index (χ3n) is 2.03. The summed E-state index contributed by atoms with van der Waals surface area (Å²) < 4.78 is 46.3. The Morgan fingerprint density at radius 2 is 2.00 bits per heavy atom. The van der Waals surface area contributed by atoms with Gasteiger partial charge in [0.1, 0.15) is 5.75 Å². The maximum absolute atomic E-state index is 12.2. The van der Waals surface area contributed by atoms with E-state index in [-0.39, 0.29) is 6.79 Å². The topological polar surface area (TPSA) is 35.5 Å². The number of Topliss-reactive ketones (excluding diaryl/α,β-unsaturated/α-hetero) is 1. The van der Waals surface area contributed by atoms with E-state index >= 15 is 0 Å². The molecule has 0 bridgehead atoms. The van der Waals surface area contributed by atoms with Crippen molar-refractivity contribution in [1.82, 2.24) is 0 Å². The Morgan fingerprint density at radius 3 is 2.47 bits per heavy atom. The number of rotatable bonds is 4. The zero-order valence-corrected chi connectivity index (χ0v) is 9.30. The predicted molar refractivity (Wildman–Crippen MR) is 54.1 cm³/mol. The van der Waals surface area contributed by atoms with Gasteiger partial charge in [-0.2, -0.15) is 13.2 Å². The van der Waals surface area contributed by atoms with E-state index in [9.17, 15) is 18.0 Å². The third kappa shape index (κ3) is 3.45. The number of aryl methyl sites for hydroxylation is 1. The molecular weight excluding hydrogens is 237 g/mol. The lowest BCUT2D eigenvalue weighted by molar-refractivity contribution is -0.0885. The van der Waals surface area contributed by atoms with E-state index in [0.29, 0.717) is 11.3 Å². The van der Waals surface area contributed by atoms with Crippen molar-refractivity contribution in [3.05, 3.63) is 29.3 Å². The van der Waals surface area contributed by atoms with E-state index in [1.807, 2.05) is 0 Å². The second kappa shape index (κ2) is 5.18. The fraction of sp³-hybridized carbons (Fsp3) is 0.364. The van der Waals surface area contributed by atoms with E-state index in [1.54, 1.807) is 6.92 Å². The Balaban J connectivity index is 2.93. The third-order valence-corrected chi connectivity index (χ3v) is 2.03. The normalized spacial score (nSPS) is 11.4. The first kappa shape index (κ1) is 13.5. The van der Waals surface area contributed by atoms with Crippen molar-refractivity contribution >= 4 is 5.78 Å². The van der Waals surface area contributed by atoms with Crippen LogP contribution in [0.5, 0.6) is 5.75 Å². The monoisotopic (exact) mass is 248 g/mol. The second-order valence-corrected chi connectivity index (χ2v) is 3.36. The molecule has 3 nitrogen and oxygen atoms in total. The van der Waals surface area contributed by atoms with Gasteiger partial charge in [0, 0.05) is 12.7 Å². The highest BCUT2D eigenvalue weighted by Gasteiger charge is 2.39. The minimum absolute atomic E-state index is 0.00654. The van der Waals surface area contributed by atoms with Gasteiger partial charge in [-0.25, -0.2) is 0 Å². The average Bonchev–Trinajstić information content (AvgIpc) is 2.25. The molecule has 0 N–H and O–H groups in total. The lowest BCUT2D eigenvalue weighted by Gasteiger charge is -2.10. The van der Waals surface area contributed by atoms with Crippen molar-refractivity contribution < 1.29 is 27.4 Å². The molecule has 0 unspecified atom stereocenters. The molecule has 0 saturated carbocycles. The fourth-order valence-electron chi connectivity index (χ4n) is 1.24. The summed E-state index contributed by atoms with van der Waals surface area (Å²) in [5.74, 6) is -1.48. The van der Waals surface area contributed by atoms with Crippen LogP contribution in [-0.2, 0) is 4.74 Å². The van der Waals surface area contributed by atoms with Gasteiger partial charge >= 0.3 is 6.18 Å². The second-order valence-electron chi connectivity index (χ2n) is 3.36. The summed E-state index contributed by atoms with van der Waals surface area (Å²) in [6.45, 7) is 1.55. The van der Waals surface area contributed by atoms with Gasteiger partial charge in [0.05, 0.1) is 0 Å². The molecule has 17 heavy (non-hydrogen) atoms. The number of methoxy groups -OCH3 is 1. The Kier molecular flexibility index (Phi) is 4.11. The van der Waals surface area contributed by atoms with Crippen molar-refractivity contribution in [2.45, 2.75) is 13.1 Å². The molecule has 0 radical (unpaired) electrons. The number of carbonyl (C=O) groups is 1. The molecule has 94 valence electrons. The first-order chi connectivity index (χ1) is 7.86. The molecule has 0 amide bonds. The molecule has 0 aliphatic rings. The van der Waals surface area contributed by atoms with Crippen LogP contribution in [-0.4, -0.2) is 25.9 Å². The van der Waals surface area contributed by atoms with E-state index in [2.05, 4.69) is 4.74 Å². The molecule has 1 rings (SSSR count). The number of hydrogen-bond donors (Lipinski definition) is 0. The molecule has 0 fully saturated rings. The van der Waals surface area contributed by atoms with Gasteiger partial charge in [0.25, 0.3) is 5.78 Å². The van der Waals surface area contributed by atoms with Crippen LogP contribution in [0, 0.1) is 6.92 Å². The van der Waals surface area contributed by atoms with E-state index in [1.165, 1.54) is 13.2 Å². The molecule has 1 aromatic carbocycles. The van der Waals surface area contributed by atoms with Crippen LogP contribution in [0.1, 0.15) is 15.9 Å². The predicted octanol–water partition coefficient (Wildman–Crippen LogP) is 2.72. The van der Waals surface area contributed by atoms with Crippen LogP contribution in [0.25, 0.3) is 0 Å².